The van der Waals surface area contributed by atoms with Crippen molar-refractivity contribution in [2.45, 2.75) is 0 Å². The van der Waals surface area contributed by atoms with Crippen molar-refractivity contribution < 1.29 is 0 Å². The fourth-order valence-electron chi connectivity index (χ4n) is 6.47. The molecule has 0 amide bonds. The average Bonchev–Trinajstić information content (AvgIpc) is 3.15. The maximum Gasteiger partial charge on any atom is 0.164 e. The Morgan fingerprint density at radius 1 is 0.348 bits per heavy atom. The molecule has 0 spiro atoms. The molecule has 0 radical (unpaired) electrons. The van der Waals surface area contributed by atoms with Gasteiger partial charge >= 0.3 is 0 Å². The molecule has 0 aliphatic carbocycles. The number of hydrogen-bond acceptors (Lipinski definition) is 5. The van der Waals surface area contributed by atoms with E-state index < -0.39 is 0 Å². The molecular weight excluding hydrogens is 562 g/mol. The molecule has 6 aromatic carbocycles. The van der Waals surface area contributed by atoms with Gasteiger partial charge in [0.05, 0.1) is 11.2 Å². The predicted octanol–water partition coefficient (Wildman–Crippen LogP) is 9.94. The SMILES string of the molecule is c1ccc(-c2nc(-c3ccccc3)nc(-c3ccc4c(c3)nc(-c3cccnc3)c3c5ccccc5c5ccccc5c43)n2)cc1. The van der Waals surface area contributed by atoms with Crippen molar-refractivity contribution in [3.8, 4) is 45.4 Å². The molecule has 46 heavy (non-hydrogen) atoms. The van der Waals surface area contributed by atoms with Crippen molar-refractivity contribution in [3.05, 3.63) is 152 Å². The van der Waals surface area contributed by atoms with Gasteiger partial charge in [0.15, 0.2) is 17.5 Å². The third-order valence-corrected chi connectivity index (χ3v) is 8.56. The minimum atomic E-state index is 0.600. The van der Waals surface area contributed by atoms with Gasteiger partial charge in [-0.05, 0) is 39.7 Å². The Morgan fingerprint density at radius 3 is 1.46 bits per heavy atom. The van der Waals surface area contributed by atoms with Crippen LogP contribution in [0.3, 0.4) is 0 Å². The van der Waals surface area contributed by atoms with E-state index in [1.807, 2.05) is 72.9 Å². The number of fused-ring (bicyclic) bond motifs is 8. The Kier molecular flexibility index (Phi) is 6.06. The van der Waals surface area contributed by atoms with E-state index in [-0.39, 0.29) is 0 Å². The smallest absolute Gasteiger partial charge is 0.164 e. The zero-order chi connectivity index (χ0) is 30.5. The van der Waals surface area contributed by atoms with Crippen molar-refractivity contribution in [1.29, 1.82) is 0 Å². The van der Waals surface area contributed by atoms with Gasteiger partial charge < -0.3 is 0 Å². The number of pyridine rings is 2. The molecule has 9 aromatic rings. The first-order valence-corrected chi connectivity index (χ1v) is 15.3. The van der Waals surface area contributed by atoms with E-state index >= 15 is 0 Å². The van der Waals surface area contributed by atoms with Crippen LogP contribution in [0.2, 0.25) is 0 Å². The van der Waals surface area contributed by atoms with Crippen LogP contribution >= 0.6 is 0 Å². The minimum absolute atomic E-state index is 0.600. The summed E-state index contributed by atoms with van der Waals surface area (Å²) in [6.45, 7) is 0. The van der Waals surface area contributed by atoms with Crippen LogP contribution in [0.1, 0.15) is 0 Å². The van der Waals surface area contributed by atoms with Gasteiger partial charge in [-0.25, -0.2) is 19.9 Å². The predicted molar refractivity (Wildman–Crippen MR) is 187 cm³/mol. The summed E-state index contributed by atoms with van der Waals surface area (Å²) in [7, 11) is 0. The second-order valence-corrected chi connectivity index (χ2v) is 11.3. The molecule has 0 aliphatic heterocycles. The molecule has 0 saturated heterocycles. The Bertz CT molecular complexity index is 2510. The molecule has 0 fully saturated rings. The van der Waals surface area contributed by atoms with Crippen LogP contribution in [0.25, 0.3) is 88.6 Å². The van der Waals surface area contributed by atoms with Crippen LogP contribution < -0.4 is 0 Å². The Balaban J connectivity index is 1.36. The van der Waals surface area contributed by atoms with Crippen LogP contribution in [0.5, 0.6) is 0 Å². The Hall–Kier alpha value is -6.33. The molecule has 0 saturated carbocycles. The van der Waals surface area contributed by atoms with Crippen LogP contribution in [0.15, 0.2) is 152 Å². The van der Waals surface area contributed by atoms with Crippen LogP contribution in [-0.4, -0.2) is 24.9 Å². The maximum atomic E-state index is 5.37. The quantitative estimate of drug-likeness (QED) is 0.192. The standard InChI is InChI=1S/C41H25N5/c1-3-12-26(13-4-1)39-44-40(27-14-5-2-6-15-27)46-41(45-39)28-21-22-34-35(24-28)43-38(29-16-11-23-42-25-29)37-33-20-10-8-18-31(33)30-17-7-9-19-32(30)36(34)37/h1-25H. The first-order chi connectivity index (χ1) is 22.8. The lowest BCUT2D eigenvalue weighted by atomic mass is 9.90. The van der Waals surface area contributed by atoms with Crippen molar-refractivity contribution in [3.63, 3.8) is 0 Å². The van der Waals surface area contributed by atoms with Crippen LogP contribution in [-0.2, 0) is 0 Å². The summed E-state index contributed by atoms with van der Waals surface area (Å²) in [4.78, 5) is 24.7. The number of aromatic nitrogens is 5. The highest BCUT2D eigenvalue weighted by Gasteiger charge is 2.19. The monoisotopic (exact) mass is 587 g/mol. The summed E-state index contributed by atoms with van der Waals surface area (Å²) >= 11 is 0. The highest BCUT2D eigenvalue weighted by atomic mass is 15.0. The zero-order valence-electron chi connectivity index (χ0n) is 24.7. The number of benzene rings is 6. The van der Waals surface area contributed by atoms with Gasteiger partial charge in [-0.2, -0.15) is 0 Å². The zero-order valence-corrected chi connectivity index (χ0v) is 24.7. The summed E-state index contributed by atoms with van der Waals surface area (Å²) in [6, 6.07) is 47.8. The van der Waals surface area contributed by atoms with E-state index in [9.17, 15) is 0 Å². The summed E-state index contributed by atoms with van der Waals surface area (Å²) in [5.41, 5.74) is 5.49. The molecule has 3 aromatic heterocycles. The largest absolute Gasteiger partial charge is 0.264 e. The van der Waals surface area contributed by atoms with Gasteiger partial charge in [0.2, 0.25) is 0 Å². The molecule has 9 rings (SSSR count). The van der Waals surface area contributed by atoms with Crippen LogP contribution in [0, 0.1) is 0 Å². The molecular formula is C41H25N5. The minimum Gasteiger partial charge on any atom is -0.264 e. The second-order valence-electron chi connectivity index (χ2n) is 11.3. The molecule has 3 heterocycles. The van der Waals surface area contributed by atoms with Crippen LogP contribution in [0.4, 0.5) is 0 Å². The fraction of sp³-hybridized carbons (Fsp3) is 0. The lowest BCUT2D eigenvalue weighted by molar-refractivity contribution is 1.07. The second kappa shape index (κ2) is 10.7. The van der Waals surface area contributed by atoms with E-state index in [1.165, 1.54) is 26.9 Å². The first-order valence-electron chi connectivity index (χ1n) is 15.3. The van der Waals surface area contributed by atoms with Gasteiger partial charge in [-0.1, -0.05) is 121 Å². The van der Waals surface area contributed by atoms with E-state index in [4.69, 9.17) is 19.9 Å². The van der Waals surface area contributed by atoms with Gasteiger partial charge in [0.1, 0.15) is 0 Å². The average molecular weight is 588 g/mol. The third-order valence-electron chi connectivity index (χ3n) is 8.56. The Morgan fingerprint density at radius 2 is 0.870 bits per heavy atom. The van der Waals surface area contributed by atoms with Crippen molar-refractivity contribution >= 4 is 43.2 Å². The third kappa shape index (κ3) is 4.29. The lowest BCUT2D eigenvalue weighted by Gasteiger charge is -2.16. The van der Waals surface area contributed by atoms with Crippen molar-refractivity contribution in [2.24, 2.45) is 0 Å². The summed E-state index contributed by atoms with van der Waals surface area (Å²) in [5, 5.41) is 8.17. The van der Waals surface area contributed by atoms with Crippen molar-refractivity contribution in [1.82, 2.24) is 24.9 Å². The normalized spacial score (nSPS) is 11.5. The molecule has 0 atom stereocenters. The summed E-state index contributed by atoms with van der Waals surface area (Å²) in [5.74, 6) is 1.86. The highest BCUT2D eigenvalue weighted by molar-refractivity contribution is 6.33. The number of rotatable bonds is 4. The van der Waals surface area contributed by atoms with Gasteiger partial charge in [-0.3, -0.25) is 4.98 Å². The van der Waals surface area contributed by atoms with Gasteiger partial charge in [0.25, 0.3) is 0 Å². The highest BCUT2D eigenvalue weighted by Crippen LogP contribution is 2.43. The molecule has 5 nitrogen and oxygen atoms in total. The van der Waals surface area contributed by atoms with E-state index in [2.05, 4.69) is 77.8 Å². The lowest BCUT2D eigenvalue weighted by Crippen LogP contribution is -2.00. The molecule has 0 bridgehead atoms. The van der Waals surface area contributed by atoms with E-state index in [0.717, 1.165) is 44.2 Å². The topological polar surface area (TPSA) is 64.5 Å². The summed E-state index contributed by atoms with van der Waals surface area (Å²) < 4.78 is 0. The number of nitrogens with zero attached hydrogens (tertiary/aromatic N) is 5. The van der Waals surface area contributed by atoms with E-state index in [1.54, 1.807) is 6.20 Å². The molecule has 0 aliphatic rings. The first kappa shape index (κ1) is 26.1. The molecule has 0 unspecified atom stereocenters. The Labute approximate surface area is 264 Å². The molecule has 214 valence electrons. The van der Waals surface area contributed by atoms with Crippen molar-refractivity contribution in [2.75, 3.05) is 0 Å². The van der Waals surface area contributed by atoms with Gasteiger partial charge in [-0.15, -0.1) is 0 Å². The van der Waals surface area contributed by atoms with E-state index in [0.29, 0.717) is 17.5 Å². The van der Waals surface area contributed by atoms with Gasteiger partial charge in [0, 0.05) is 50.8 Å². The molecule has 5 heteroatoms. The number of hydrogen-bond donors (Lipinski definition) is 0. The molecule has 0 N–H and O–H groups in total. The fourth-order valence-corrected chi connectivity index (χ4v) is 6.47. The maximum absolute atomic E-state index is 5.37. The summed E-state index contributed by atoms with van der Waals surface area (Å²) in [6.07, 6.45) is 3.69.